The van der Waals surface area contributed by atoms with Crippen molar-refractivity contribution in [2.45, 2.75) is 65.0 Å². The molecule has 0 spiro atoms. The van der Waals surface area contributed by atoms with E-state index in [4.69, 9.17) is 9.47 Å². The summed E-state index contributed by atoms with van der Waals surface area (Å²) in [4.78, 5) is 24.1. The predicted octanol–water partition coefficient (Wildman–Crippen LogP) is 4.62. The van der Waals surface area contributed by atoms with E-state index in [0.717, 1.165) is 22.9 Å². The molecule has 0 fully saturated rings. The van der Waals surface area contributed by atoms with Crippen LogP contribution < -0.4 is 5.32 Å². The fraction of sp³-hybridized carbons (Fsp3) is 0.579. The molecule has 0 saturated carbocycles. The summed E-state index contributed by atoms with van der Waals surface area (Å²) in [5.74, 6) is -0.313. The van der Waals surface area contributed by atoms with Gasteiger partial charge in [0.25, 0.3) is 0 Å². The predicted molar refractivity (Wildman–Crippen MR) is 101 cm³/mol. The van der Waals surface area contributed by atoms with Crippen LogP contribution in [-0.2, 0) is 20.7 Å². The van der Waals surface area contributed by atoms with E-state index in [1.165, 1.54) is 0 Å². The second-order valence-electron chi connectivity index (χ2n) is 6.95. The van der Waals surface area contributed by atoms with Crippen molar-refractivity contribution in [3.8, 4) is 0 Å². The number of ether oxygens (including phenoxy) is 2. The molecule has 1 atom stereocenters. The summed E-state index contributed by atoms with van der Waals surface area (Å²) < 4.78 is 11.5. The SMILES string of the molecule is CCCCOC(=O)C[C@@H](Cc1ccc(Br)cc1)NC(=O)OC(C)(C)C. The van der Waals surface area contributed by atoms with Crippen molar-refractivity contribution < 1.29 is 19.1 Å². The van der Waals surface area contributed by atoms with Gasteiger partial charge in [0.2, 0.25) is 0 Å². The molecule has 140 valence electrons. The van der Waals surface area contributed by atoms with Crippen LogP contribution in [0.4, 0.5) is 4.79 Å². The Kier molecular flexibility index (Phi) is 8.97. The van der Waals surface area contributed by atoms with E-state index in [0.29, 0.717) is 13.0 Å². The number of esters is 1. The maximum absolute atomic E-state index is 12.1. The van der Waals surface area contributed by atoms with E-state index in [1.807, 2.05) is 31.2 Å². The third-order valence-corrected chi connectivity index (χ3v) is 3.82. The zero-order valence-corrected chi connectivity index (χ0v) is 17.0. The monoisotopic (exact) mass is 413 g/mol. The molecule has 0 radical (unpaired) electrons. The molecule has 0 unspecified atom stereocenters. The van der Waals surface area contributed by atoms with E-state index >= 15 is 0 Å². The Morgan fingerprint density at radius 2 is 1.84 bits per heavy atom. The lowest BCUT2D eigenvalue weighted by Crippen LogP contribution is -2.41. The molecule has 0 aliphatic carbocycles. The highest BCUT2D eigenvalue weighted by Gasteiger charge is 2.22. The highest BCUT2D eigenvalue weighted by molar-refractivity contribution is 9.10. The number of unbranched alkanes of at least 4 members (excludes halogenated alkanes) is 1. The molecular formula is C19H28BrNO4. The molecule has 1 N–H and O–H groups in total. The van der Waals surface area contributed by atoms with Crippen LogP contribution in [0.3, 0.4) is 0 Å². The number of amides is 1. The van der Waals surface area contributed by atoms with Crippen LogP contribution in [0.5, 0.6) is 0 Å². The summed E-state index contributed by atoms with van der Waals surface area (Å²) >= 11 is 3.40. The molecule has 0 aliphatic rings. The van der Waals surface area contributed by atoms with Gasteiger partial charge in [-0.1, -0.05) is 41.4 Å². The third-order valence-electron chi connectivity index (χ3n) is 3.29. The Morgan fingerprint density at radius 3 is 2.40 bits per heavy atom. The lowest BCUT2D eigenvalue weighted by molar-refractivity contribution is -0.144. The van der Waals surface area contributed by atoms with Gasteiger partial charge in [-0.25, -0.2) is 4.79 Å². The molecule has 0 saturated heterocycles. The zero-order chi connectivity index (χ0) is 18.9. The van der Waals surface area contributed by atoms with Crippen LogP contribution >= 0.6 is 15.9 Å². The van der Waals surface area contributed by atoms with Crippen LogP contribution in [0.2, 0.25) is 0 Å². The average molecular weight is 414 g/mol. The standard InChI is InChI=1S/C19H28BrNO4/c1-5-6-11-24-17(22)13-16(21-18(23)25-19(2,3)4)12-14-7-9-15(20)10-8-14/h7-10,16H,5-6,11-13H2,1-4H3,(H,21,23)/t16-/m1/s1. The Morgan fingerprint density at radius 1 is 1.20 bits per heavy atom. The summed E-state index contributed by atoms with van der Waals surface area (Å²) in [6.07, 6.45) is 1.90. The summed E-state index contributed by atoms with van der Waals surface area (Å²) in [5, 5.41) is 2.78. The largest absolute Gasteiger partial charge is 0.466 e. The molecule has 0 heterocycles. The normalized spacial score (nSPS) is 12.4. The average Bonchev–Trinajstić information content (AvgIpc) is 2.47. The number of alkyl carbamates (subject to hydrolysis) is 1. The highest BCUT2D eigenvalue weighted by atomic mass is 79.9. The second kappa shape index (κ2) is 10.4. The summed E-state index contributed by atoms with van der Waals surface area (Å²) in [5.41, 5.74) is 0.430. The molecule has 0 aromatic heterocycles. The fourth-order valence-electron chi connectivity index (χ4n) is 2.14. The number of benzene rings is 1. The molecular weight excluding hydrogens is 386 g/mol. The van der Waals surface area contributed by atoms with Crippen molar-refractivity contribution in [3.63, 3.8) is 0 Å². The Bertz CT molecular complexity index is 552. The lowest BCUT2D eigenvalue weighted by Gasteiger charge is -2.23. The molecule has 5 nitrogen and oxygen atoms in total. The minimum atomic E-state index is -0.589. The molecule has 25 heavy (non-hydrogen) atoms. The molecule has 0 aliphatic heterocycles. The minimum absolute atomic E-state index is 0.110. The number of rotatable bonds is 8. The highest BCUT2D eigenvalue weighted by Crippen LogP contribution is 2.14. The molecule has 6 heteroatoms. The number of halogens is 1. The Balaban J connectivity index is 2.69. The summed E-state index contributed by atoms with van der Waals surface area (Å²) in [7, 11) is 0. The van der Waals surface area contributed by atoms with Gasteiger partial charge in [0.1, 0.15) is 5.60 Å². The lowest BCUT2D eigenvalue weighted by atomic mass is 10.0. The summed E-state index contributed by atoms with van der Waals surface area (Å²) in [6, 6.07) is 7.39. The number of carbonyl (C=O) groups excluding carboxylic acids is 2. The van der Waals surface area contributed by atoms with Crippen LogP contribution in [0.1, 0.15) is 52.5 Å². The maximum Gasteiger partial charge on any atom is 0.407 e. The van der Waals surface area contributed by atoms with E-state index in [1.54, 1.807) is 20.8 Å². The molecule has 1 aromatic rings. The van der Waals surface area contributed by atoms with Crippen molar-refractivity contribution in [2.75, 3.05) is 6.61 Å². The van der Waals surface area contributed by atoms with Crippen molar-refractivity contribution in [3.05, 3.63) is 34.3 Å². The first kappa shape index (κ1) is 21.5. The Labute approximate surface area is 158 Å². The van der Waals surface area contributed by atoms with Gasteiger partial charge in [0.15, 0.2) is 0 Å². The minimum Gasteiger partial charge on any atom is -0.466 e. The Hall–Kier alpha value is -1.56. The zero-order valence-electron chi connectivity index (χ0n) is 15.4. The van der Waals surface area contributed by atoms with Crippen molar-refractivity contribution >= 4 is 28.0 Å². The van der Waals surface area contributed by atoms with Crippen molar-refractivity contribution in [1.29, 1.82) is 0 Å². The first-order valence-corrected chi connectivity index (χ1v) is 9.38. The van der Waals surface area contributed by atoms with Gasteiger partial charge in [-0.15, -0.1) is 0 Å². The first-order valence-electron chi connectivity index (χ1n) is 8.59. The van der Waals surface area contributed by atoms with Gasteiger partial charge in [-0.3, -0.25) is 4.79 Å². The molecule has 1 rings (SSSR count). The molecule has 1 amide bonds. The van der Waals surface area contributed by atoms with Crippen molar-refractivity contribution in [1.82, 2.24) is 5.32 Å². The van der Waals surface area contributed by atoms with Gasteiger partial charge >= 0.3 is 12.1 Å². The smallest absolute Gasteiger partial charge is 0.407 e. The number of carbonyl (C=O) groups is 2. The van der Waals surface area contributed by atoms with E-state index < -0.39 is 11.7 Å². The molecule has 1 aromatic carbocycles. The molecule has 0 bridgehead atoms. The maximum atomic E-state index is 12.1. The summed E-state index contributed by atoms with van der Waals surface area (Å²) in [6.45, 7) is 7.85. The van der Waals surface area contributed by atoms with Gasteiger partial charge in [-0.05, 0) is 51.3 Å². The fourth-order valence-corrected chi connectivity index (χ4v) is 2.41. The van der Waals surface area contributed by atoms with Gasteiger partial charge in [0.05, 0.1) is 13.0 Å². The number of nitrogens with one attached hydrogen (secondary N) is 1. The van der Waals surface area contributed by atoms with Gasteiger partial charge in [-0.2, -0.15) is 0 Å². The van der Waals surface area contributed by atoms with Crippen LogP contribution in [0.25, 0.3) is 0 Å². The topological polar surface area (TPSA) is 64.6 Å². The van der Waals surface area contributed by atoms with Gasteiger partial charge in [0, 0.05) is 10.5 Å². The van der Waals surface area contributed by atoms with E-state index in [9.17, 15) is 9.59 Å². The van der Waals surface area contributed by atoms with Crippen LogP contribution in [0.15, 0.2) is 28.7 Å². The first-order chi connectivity index (χ1) is 11.7. The number of hydrogen-bond donors (Lipinski definition) is 1. The number of hydrogen-bond acceptors (Lipinski definition) is 4. The quantitative estimate of drug-likeness (QED) is 0.498. The van der Waals surface area contributed by atoms with E-state index in [-0.39, 0.29) is 18.4 Å². The van der Waals surface area contributed by atoms with Gasteiger partial charge < -0.3 is 14.8 Å². The second-order valence-corrected chi connectivity index (χ2v) is 7.87. The van der Waals surface area contributed by atoms with Crippen LogP contribution in [-0.4, -0.2) is 30.3 Å². The third kappa shape index (κ3) is 10.1. The van der Waals surface area contributed by atoms with Crippen molar-refractivity contribution in [2.24, 2.45) is 0 Å². The van der Waals surface area contributed by atoms with E-state index in [2.05, 4.69) is 21.2 Å². The van der Waals surface area contributed by atoms with Crippen LogP contribution in [0, 0.1) is 0 Å².